The third kappa shape index (κ3) is 3.39. The van der Waals surface area contributed by atoms with Crippen LogP contribution in [0.2, 0.25) is 0 Å². The molecule has 0 atom stereocenters. The smallest absolute Gasteiger partial charge is 0.256 e. The van der Waals surface area contributed by atoms with E-state index in [-0.39, 0.29) is 17.9 Å². The molecule has 2 rings (SSSR count). The highest BCUT2D eigenvalue weighted by molar-refractivity contribution is 5.96. The van der Waals surface area contributed by atoms with E-state index in [1.54, 1.807) is 6.92 Å². The van der Waals surface area contributed by atoms with E-state index in [0.29, 0.717) is 29.5 Å². The maximum absolute atomic E-state index is 12.3. The van der Waals surface area contributed by atoms with Gasteiger partial charge in [0, 0.05) is 12.5 Å². The van der Waals surface area contributed by atoms with Crippen LogP contribution in [0.5, 0.6) is 0 Å². The highest BCUT2D eigenvalue weighted by Crippen LogP contribution is 2.25. The van der Waals surface area contributed by atoms with Gasteiger partial charge in [0.2, 0.25) is 0 Å². The maximum Gasteiger partial charge on any atom is 0.256 e. The summed E-state index contributed by atoms with van der Waals surface area (Å²) < 4.78 is 5.24. The molecular formula is C15H24N2O3. The monoisotopic (exact) mass is 280 g/mol. The molecule has 112 valence electrons. The molecule has 1 aromatic rings. The zero-order chi connectivity index (χ0) is 14.7. The van der Waals surface area contributed by atoms with Gasteiger partial charge in [-0.1, -0.05) is 19.0 Å². The molecule has 5 heteroatoms. The second-order valence-corrected chi connectivity index (χ2v) is 6.05. The van der Waals surface area contributed by atoms with Crippen LogP contribution in [0.3, 0.4) is 0 Å². The molecular weight excluding hydrogens is 256 g/mol. The number of aliphatic hydroxyl groups excluding tert-OH is 1. The van der Waals surface area contributed by atoms with Gasteiger partial charge in [0.05, 0.1) is 11.8 Å². The van der Waals surface area contributed by atoms with Crippen LogP contribution in [0.1, 0.15) is 67.3 Å². The Balaban J connectivity index is 1.93. The molecule has 2 N–H and O–H groups in total. The molecule has 0 spiro atoms. The van der Waals surface area contributed by atoms with E-state index in [0.717, 1.165) is 25.7 Å². The van der Waals surface area contributed by atoms with Crippen molar-refractivity contribution >= 4 is 5.91 Å². The minimum absolute atomic E-state index is 0.0985. The molecule has 5 nitrogen and oxygen atoms in total. The highest BCUT2D eigenvalue weighted by Gasteiger charge is 2.24. The Bertz CT molecular complexity index is 460. The fourth-order valence-corrected chi connectivity index (χ4v) is 2.73. The summed E-state index contributed by atoms with van der Waals surface area (Å²) >= 11 is 0. The van der Waals surface area contributed by atoms with Crippen LogP contribution in [0, 0.1) is 12.8 Å². The molecule has 1 heterocycles. The summed E-state index contributed by atoms with van der Waals surface area (Å²) in [7, 11) is 0. The van der Waals surface area contributed by atoms with Crippen molar-refractivity contribution in [2.24, 2.45) is 5.92 Å². The van der Waals surface area contributed by atoms with Gasteiger partial charge in [-0.05, 0) is 38.5 Å². The van der Waals surface area contributed by atoms with E-state index < -0.39 is 0 Å². The summed E-state index contributed by atoms with van der Waals surface area (Å²) in [6.45, 7) is 6.42. The Morgan fingerprint density at radius 2 is 2.05 bits per heavy atom. The van der Waals surface area contributed by atoms with Crippen molar-refractivity contribution in [1.82, 2.24) is 10.5 Å². The largest absolute Gasteiger partial charge is 0.393 e. The van der Waals surface area contributed by atoms with E-state index in [4.69, 9.17) is 4.52 Å². The fraction of sp³-hybridized carbons (Fsp3) is 0.733. The first-order chi connectivity index (χ1) is 9.49. The normalized spacial score (nSPS) is 23.1. The predicted octanol–water partition coefficient (Wildman–Crippen LogP) is 2.39. The fourth-order valence-electron chi connectivity index (χ4n) is 2.73. The molecule has 0 bridgehead atoms. The number of amides is 1. The molecule has 1 fully saturated rings. The number of hydrogen-bond donors (Lipinski definition) is 2. The van der Waals surface area contributed by atoms with Crippen molar-refractivity contribution in [3.05, 3.63) is 17.0 Å². The number of nitrogens with zero attached hydrogens (tertiary/aromatic N) is 1. The quantitative estimate of drug-likeness (QED) is 0.888. The number of aliphatic hydroxyl groups is 1. The summed E-state index contributed by atoms with van der Waals surface area (Å²) in [5.74, 6) is 1.16. The minimum Gasteiger partial charge on any atom is -0.393 e. The second-order valence-electron chi connectivity index (χ2n) is 6.05. The van der Waals surface area contributed by atoms with Crippen molar-refractivity contribution in [3.8, 4) is 0 Å². The molecule has 0 unspecified atom stereocenters. The van der Waals surface area contributed by atoms with Crippen molar-refractivity contribution in [1.29, 1.82) is 0 Å². The molecule has 1 saturated carbocycles. The Morgan fingerprint density at radius 1 is 1.40 bits per heavy atom. The van der Waals surface area contributed by atoms with E-state index in [1.807, 2.05) is 13.8 Å². The third-order valence-corrected chi connectivity index (χ3v) is 4.01. The van der Waals surface area contributed by atoms with E-state index >= 15 is 0 Å². The lowest BCUT2D eigenvalue weighted by Crippen LogP contribution is -2.32. The van der Waals surface area contributed by atoms with Gasteiger partial charge in [-0.15, -0.1) is 0 Å². The van der Waals surface area contributed by atoms with Crippen molar-refractivity contribution in [3.63, 3.8) is 0 Å². The second kappa shape index (κ2) is 6.39. The Kier molecular flexibility index (Phi) is 4.81. The standard InChI is InChI=1S/C15H24N2O3/c1-9(2)14-13(10(3)17-20-14)15(19)16-8-11-4-6-12(18)7-5-11/h9,11-12,18H,4-8H2,1-3H3,(H,16,19). The SMILES string of the molecule is Cc1noc(C(C)C)c1C(=O)NCC1CCC(O)CC1. The molecule has 0 radical (unpaired) electrons. The lowest BCUT2D eigenvalue weighted by atomic mass is 9.87. The summed E-state index contributed by atoms with van der Waals surface area (Å²) in [5, 5.41) is 16.4. The van der Waals surface area contributed by atoms with Crippen LogP contribution < -0.4 is 5.32 Å². The zero-order valence-corrected chi connectivity index (χ0v) is 12.5. The van der Waals surface area contributed by atoms with E-state index in [1.165, 1.54) is 0 Å². The molecule has 1 aromatic heterocycles. The topological polar surface area (TPSA) is 75.4 Å². The molecule has 1 aliphatic rings. The van der Waals surface area contributed by atoms with Gasteiger partial charge in [0.15, 0.2) is 5.76 Å². The summed E-state index contributed by atoms with van der Waals surface area (Å²) in [4.78, 5) is 12.3. The van der Waals surface area contributed by atoms with Crippen LogP contribution >= 0.6 is 0 Å². The first-order valence-corrected chi connectivity index (χ1v) is 7.41. The van der Waals surface area contributed by atoms with E-state index in [9.17, 15) is 9.90 Å². The van der Waals surface area contributed by atoms with Crippen molar-refractivity contribution < 1.29 is 14.4 Å². The van der Waals surface area contributed by atoms with Gasteiger partial charge in [0.1, 0.15) is 5.56 Å². The van der Waals surface area contributed by atoms with Crippen LogP contribution in [0.15, 0.2) is 4.52 Å². The Labute approximate surface area is 119 Å². The van der Waals surface area contributed by atoms with Crippen LogP contribution in [0.4, 0.5) is 0 Å². The third-order valence-electron chi connectivity index (χ3n) is 4.01. The van der Waals surface area contributed by atoms with Crippen LogP contribution in [0.25, 0.3) is 0 Å². The number of carbonyl (C=O) groups excluding carboxylic acids is 1. The Morgan fingerprint density at radius 3 is 2.65 bits per heavy atom. The highest BCUT2D eigenvalue weighted by atomic mass is 16.5. The number of aryl methyl sites for hydroxylation is 1. The zero-order valence-electron chi connectivity index (χ0n) is 12.5. The van der Waals surface area contributed by atoms with Gasteiger partial charge >= 0.3 is 0 Å². The van der Waals surface area contributed by atoms with Gasteiger partial charge in [0.25, 0.3) is 5.91 Å². The molecule has 0 aliphatic heterocycles. The summed E-state index contributed by atoms with van der Waals surface area (Å²) in [6, 6.07) is 0. The summed E-state index contributed by atoms with van der Waals surface area (Å²) in [6.07, 6.45) is 3.46. The molecule has 0 saturated heterocycles. The van der Waals surface area contributed by atoms with Gasteiger partial charge in [-0.2, -0.15) is 0 Å². The van der Waals surface area contributed by atoms with Gasteiger partial charge in [-0.3, -0.25) is 4.79 Å². The summed E-state index contributed by atoms with van der Waals surface area (Å²) in [5.41, 5.74) is 1.22. The van der Waals surface area contributed by atoms with Gasteiger partial charge < -0.3 is 14.9 Å². The molecule has 1 amide bonds. The van der Waals surface area contributed by atoms with Crippen molar-refractivity contribution in [2.75, 3.05) is 6.54 Å². The minimum atomic E-state index is -0.158. The van der Waals surface area contributed by atoms with Crippen LogP contribution in [-0.4, -0.2) is 28.8 Å². The van der Waals surface area contributed by atoms with Crippen LogP contribution in [-0.2, 0) is 0 Å². The number of aromatic nitrogens is 1. The lowest BCUT2D eigenvalue weighted by Gasteiger charge is -2.25. The number of nitrogens with one attached hydrogen (secondary N) is 1. The maximum atomic E-state index is 12.3. The first kappa shape index (κ1) is 15.0. The number of carbonyl (C=O) groups is 1. The first-order valence-electron chi connectivity index (χ1n) is 7.41. The average molecular weight is 280 g/mol. The number of rotatable bonds is 4. The molecule has 1 aliphatic carbocycles. The Hall–Kier alpha value is -1.36. The molecule has 0 aromatic carbocycles. The van der Waals surface area contributed by atoms with Crippen molar-refractivity contribution in [2.45, 2.75) is 58.5 Å². The van der Waals surface area contributed by atoms with E-state index in [2.05, 4.69) is 10.5 Å². The average Bonchev–Trinajstić information content (AvgIpc) is 2.80. The number of hydrogen-bond acceptors (Lipinski definition) is 4. The molecule has 20 heavy (non-hydrogen) atoms. The lowest BCUT2D eigenvalue weighted by molar-refractivity contribution is 0.0907. The predicted molar refractivity (Wildman–Crippen MR) is 75.6 cm³/mol. The van der Waals surface area contributed by atoms with Gasteiger partial charge in [-0.25, -0.2) is 0 Å².